The van der Waals surface area contributed by atoms with E-state index in [2.05, 4.69) is 15.2 Å². The smallest absolute Gasteiger partial charge is 0.214 e. The van der Waals surface area contributed by atoms with Gasteiger partial charge in [-0.15, -0.1) is 0 Å². The van der Waals surface area contributed by atoms with Crippen LogP contribution < -0.4 is 5.32 Å². The van der Waals surface area contributed by atoms with E-state index in [1.165, 1.54) is 0 Å². The van der Waals surface area contributed by atoms with Crippen LogP contribution in [0.25, 0.3) is 0 Å². The molecule has 0 unspecified atom stereocenters. The molecule has 2 aliphatic rings. The highest BCUT2D eigenvalue weighted by Crippen LogP contribution is 2.13. The quantitative estimate of drug-likeness (QED) is 0.797. The molecule has 0 atom stereocenters. The summed E-state index contributed by atoms with van der Waals surface area (Å²) >= 11 is 0. The van der Waals surface area contributed by atoms with Crippen LogP contribution in [0.5, 0.6) is 0 Å². The highest BCUT2D eigenvalue weighted by Gasteiger charge is 2.31. The number of rotatable bonds is 5. The third-order valence-electron chi connectivity index (χ3n) is 4.34. The van der Waals surface area contributed by atoms with Gasteiger partial charge in [0.15, 0.2) is 0 Å². The standard InChI is InChI=1S/C14H22N4O2S/c19-21(20,10-3-13-1-4-15-5-2-13)18-8-6-17(7-9-18)14-11-16-12-14/h1-2,4-5,14,16H,3,6-12H2. The fourth-order valence-corrected chi connectivity index (χ4v) is 4.28. The molecule has 2 aliphatic heterocycles. The van der Waals surface area contributed by atoms with Crippen LogP contribution in [0.3, 0.4) is 0 Å². The molecule has 3 heterocycles. The molecular formula is C14H22N4O2S. The van der Waals surface area contributed by atoms with Crippen LogP contribution in [0.1, 0.15) is 5.56 Å². The first-order valence-corrected chi connectivity index (χ1v) is 9.07. The Morgan fingerprint density at radius 1 is 1.14 bits per heavy atom. The van der Waals surface area contributed by atoms with Crippen molar-refractivity contribution in [2.75, 3.05) is 45.0 Å². The van der Waals surface area contributed by atoms with E-state index in [0.717, 1.165) is 31.7 Å². The van der Waals surface area contributed by atoms with Crippen molar-refractivity contribution in [2.45, 2.75) is 12.5 Å². The molecular weight excluding hydrogens is 288 g/mol. The van der Waals surface area contributed by atoms with E-state index in [4.69, 9.17) is 0 Å². The minimum atomic E-state index is -3.15. The third kappa shape index (κ3) is 3.60. The first-order chi connectivity index (χ1) is 10.1. The van der Waals surface area contributed by atoms with Gasteiger partial charge in [0.1, 0.15) is 0 Å². The number of hydrogen-bond donors (Lipinski definition) is 1. The minimum Gasteiger partial charge on any atom is -0.314 e. The van der Waals surface area contributed by atoms with Crippen LogP contribution in [0, 0.1) is 0 Å². The van der Waals surface area contributed by atoms with Gasteiger partial charge in [0, 0.05) is 57.7 Å². The molecule has 0 amide bonds. The van der Waals surface area contributed by atoms with Crippen molar-refractivity contribution in [1.82, 2.24) is 19.5 Å². The topological polar surface area (TPSA) is 65.5 Å². The fraction of sp³-hybridized carbons (Fsp3) is 0.643. The van der Waals surface area contributed by atoms with Gasteiger partial charge in [0.05, 0.1) is 5.75 Å². The first kappa shape index (κ1) is 14.9. The van der Waals surface area contributed by atoms with Crippen LogP contribution >= 0.6 is 0 Å². The van der Waals surface area contributed by atoms with Crippen LogP contribution in [-0.4, -0.2) is 73.7 Å². The Labute approximate surface area is 126 Å². The van der Waals surface area contributed by atoms with Gasteiger partial charge < -0.3 is 5.32 Å². The predicted octanol–water partition coefficient (Wildman–Crippen LogP) is -0.457. The zero-order valence-electron chi connectivity index (χ0n) is 12.1. The Morgan fingerprint density at radius 3 is 2.38 bits per heavy atom. The maximum atomic E-state index is 12.4. The van der Waals surface area contributed by atoms with Crippen LogP contribution in [0.2, 0.25) is 0 Å². The molecule has 0 spiro atoms. The zero-order chi connectivity index (χ0) is 14.7. The molecule has 2 saturated heterocycles. The summed E-state index contributed by atoms with van der Waals surface area (Å²) < 4.78 is 26.4. The van der Waals surface area contributed by atoms with Crippen molar-refractivity contribution in [3.63, 3.8) is 0 Å². The van der Waals surface area contributed by atoms with E-state index in [0.29, 0.717) is 25.6 Å². The van der Waals surface area contributed by atoms with Gasteiger partial charge in [-0.2, -0.15) is 4.31 Å². The molecule has 1 aromatic heterocycles. The van der Waals surface area contributed by atoms with E-state index in [9.17, 15) is 8.42 Å². The Balaban J connectivity index is 1.51. The van der Waals surface area contributed by atoms with E-state index in [1.54, 1.807) is 16.7 Å². The van der Waals surface area contributed by atoms with Crippen molar-refractivity contribution >= 4 is 10.0 Å². The van der Waals surface area contributed by atoms with Gasteiger partial charge in [-0.05, 0) is 24.1 Å². The average molecular weight is 310 g/mol. The van der Waals surface area contributed by atoms with Crippen molar-refractivity contribution < 1.29 is 8.42 Å². The molecule has 0 bridgehead atoms. The fourth-order valence-electron chi connectivity index (χ4n) is 2.80. The number of sulfonamides is 1. The summed E-state index contributed by atoms with van der Waals surface area (Å²) in [6.07, 6.45) is 3.96. The second-order valence-corrected chi connectivity index (χ2v) is 7.76. The minimum absolute atomic E-state index is 0.183. The van der Waals surface area contributed by atoms with Crippen molar-refractivity contribution in [2.24, 2.45) is 0 Å². The van der Waals surface area contributed by atoms with Gasteiger partial charge in [-0.1, -0.05) is 0 Å². The molecule has 21 heavy (non-hydrogen) atoms. The SMILES string of the molecule is O=S(=O)(CCc1ccncc1)N1CCN(C2CNC2)CC1. The molecule has 1 aromatic rings. The van der Waals surface area contributed by atoms with E-state index in [-0.39, 0.29) is 5.75 Å². The lowest BCUT2D eigenvalue weighted by Gasteiger charge is -2.42. The van der Waals surface area contributed by atoms with Crippen molar-refractivity contribution in [3.05, 3.63) is 30.1 Å². The Bertz CT molecular complexity index is 552. The normalized spacial score (nSPS) is 22.1. The predicted molar refractivity (Wildman–Crippen MR) is 81.5 cm³/mol. The number of aryl methyl sites for hydroxylation is 1. The number of nitrogens with one attached hydrogen (secondary N) is 1. The Morgan fingerprint density at radius 2 is 1.81 bits per heavy atom. The maximum Gasteiger partial charge on any atom is 0.214 e. The third-order valence-corrected chi connectivity index (χ3v) is 6.21. The number of piperazine rings is 1. The van der Waals surface area contributed by atoms with Crippen LogP contribution in [0.4, 0.5) is 0 Å². The highest BCUT2D eigenvalue weighted by atomic mass is 32.2. The number of pyridine rings is 1. The molecule has 0 radical (unpaired) electrons. The van der Waals surface area contributed by atoms with Crippen molar-refractivity contribution in [3.8, 4) is 0 Å². The monoisotopic (exact) mass is 310 g/mol. The molecule has 0 saturated carbocycles. The second-order valence-electron chi connectivity index (χ2n) is 5.67. The number of nitrogens with zero attached hydrogens (tertiary/aromatic N) is 3. The lowest BCUT2D eigenvalue weighted by atomic mass is 10.1. The molecule has 0 aromatic carbocycles. The summed E-state index contributed by atoms with van der Waals surface area (Å²) in [5.74, 6) is 0.183. The summed E-state index contributed by atoms with van der Waals surface area (Å²) in [6.45, 7) is 5.01. The molecule has 7 heteroatoms. The van der Waals surface area contributed by atoms with Gasteiger partial charge in [-0.3, -0.25) is 9.88 Å². The van der Waals surface area contributed by atoms with E-state index >= 15 is 0 Å². The van der Waals surface area contributed by atoms with Crippen molar-refractivity contribution in [1.29, 1.82) is 0 Å². The second kappa shape index (κ2) is 6.39. The van der Waals surface area contributed by atoms with Crippen LogP contribution in [-0.2, 0) is 16.4 Å². The molecule has 116 valence electrons. The molecule has 3 rings (SSSR count). The van der Waals surface area contributed by atoms with Gasteiger partial charge >= 0.3 is 0 Å². The number of aromatic nitrogens is 1. The zero-order valence-corrected chi connectivity index (χ0v) is 12.9. The van der Waals surface area contributed by atoms with Gasteiger partial charge in [0.2, 0.25) is 10.0 Å². The lowest BCUT2D eigenvalue weighted by Crippen LogP contribution is -2.62. The Kier molecular flexibility index (Phi) is 4.54. The summed E-state index contributed by atoms with van der Waals surface area (Å²) in [6, 6.07) is 4.35. The largest absolute Gasteiger partial charge is 0.314 e. The van der Waals surface area contributed by atoms with Gasteiger partial charge in [-0.25, -0.2) is 8.42 Å². The van der Waals surface area contributed by atoms with Crippen LogP contribution in [0.15, 0.2) is 24.5 Å². The lowest BCUT2D eigenvalue weighted by molar-refractivity contribution is 0.103. The molecule has 1 N–H and O–H groups in total. The van der Waals surface area contributed by atoms with Gasteiger partial charge in [0.25, 0.3) is 0 Å². The molecule has 6 nitrogen and oxygen atoms in total. The Hall–Kier alpha value is -1.02. The average Bonchev–Trinajstić information content (AvgIpc) is 2.45. The summed E-state index contributed by atoms with van der Waals surface area (Å²) in [4.78, 5) is 6.34. The first-order valence-electron chi connectivity index (χ1n) is 7.47. The summed E-state index contributed by atoms with van der Waals surface area (Å²) in [5, 5.41) is 3.26. The molecule has 0 aliphatic carbocycles. The molecule has 2 fully saturated rings. The maximum absolute atomic E-state index is 12.4. The van der Waals surface area contributed by atoms with E-state index in [1.807, 2.05) is 12.1 Å². The highest BCUT2D eigenvalue weighted by molar-refractivity contribution is 7.89. The summed E-state index contributed by atoms with van der Waals surface area (Å²) in [5.41, 5.74) is 1.02. The summed E-state index contributed by atoms with van der Waals surface area (Å²) in [7, 11) is -3.15. The van der Waals surface area contributed by atoms with E-state index < -0.39 is 10.0 Å². The number of hydrogen-bond acceptors (Lipinski definition) is 5.